The van der Waals surface area contributed by atoms with Crippen LogP contribution in [0.5, 0.6) is 6.01 Å². The second-order valence-electron chi connectivity index (χ2n) is 3.24. The van der Waals surface area contributed by atoms with Crippen molar-refractivity contribution in [2.45, 2.75) is 6.18 Å². The van der Waals surface area contributed by atoms with E-state index in [-0.39, 0.29) is 11.9 Å². The molecule has 0 saturated heterocycles. The fourth-order valence-electron chi connectivity index (χ4n) is 1.11. The van der Waals surface area contributed by atoms with E-state index in [0.717, 1.165) is 0 Å². The molecule has 0 radical (unpaired) electrons. The van der Waals surface area contributed by atoms with Crippen molar-refractivity contribution in [3.8, 4) is 12.0 Å². The molecule has 0 aliphatic heterocycles. The van der Waals surface area contributed by atoms with E-state index >= 15 is 0 Å². The maximum Gasteiger partial charge on any atom is 0.422 e. The molecule has 3 N–H and O–H groups in total. The SMILES string of the molecule is NNc1nc(OCC(F)(F)F)nc(-n2cccn2)n1. The van der Waals surface area contributed by atoms with Gasteiger partial charge in [0.15, 0.2) is 6.61 Å². The standard InChI is InChI=1S/C8H8F3N7O/c9-8(10,11)4-19-7-15-5(17-12)14-6(16-7)18-3-1-2-13-18/h1-3H,4,12H2,(H,14,15,16,17). The van der Waals surface area contributed by atoms with Crippen molar-refractivity contribution < 1.29 is 17.9 Å². The number of nitrogens with two attached hydrogens (primary N) is 1. The monoisotopic (exact) mass is 275 g/mol. The van der Waals surface area contributed by atoms with Crippen molar-refractivity contribution in [2.24, 2.45) is 5.84 Å². The number of hydrogen-bond donors (Lipinski definition) is 2. The number of anilines is 1. The van der Waals surface area contributed by atoms with E-state index in [2.05, 4.69) is 30.2 Å². The average Bonchev–Trinajstić information content (AvgIpc) is 2.89. The second-order valence-corrected chi connectivity index (χ2v) is 3.24. The predicted molar refractivity (Wildman–Crippen MR) is 56.3 cm³/mol. The zero-order chi connectivity index (χ0) is 13.9. The van der Waals surface area contributed by atoms with Crippen molar-refractivity contribution in [1.29, 1.82) is 0 Å². The van der Waals surface area contributed by atoms with Crippen LogP contribution in [0.4, 0.5) is 19.1 Å². The van der Waals surface area contributed by atoms with Crippen molar-refractivity contribution in [1.82, 2.24) is 24.7 Å². The van der Waals surface area contributed by atoms with Crippen LogP contribution < -0.4 is 16.0 Å². The first-order valence-corrected chi connectivity index (χ1v) is 4.90. The number of halogens is 3. The van der Waals surface area contributed by atoms with Crippen LogP contribution in [-0.4, -0.2) is 37.5 Å². The van der Waals surface area contributed by atoms with Gasteiger partial charge in [-0.05, 0) is 6.07 Å². The molecule has 0 bridgehead atoms. The highest BCUT2D eigenvalue weighted by molar-refractivity contribution is 5.28. The van der Waals surface area contributed by atoms with Gasteiger partial charge in [-0.3, -0.25) is 5.43 Å². The van der Waals surface area contributed by atoms with E-state index < -0.39 is 18.8 Å². The lowest BCUT2D eigenvalue weighted by Crippen LogP contribution is -2.21. The quantitative estimate of drug-likeness (QED) is 0.610. The highest BCUT2D eigenvalue weighted by atomic mass is 19.4. The molecule has 0 aromatic carbocycles. The molecule has 0 amide bonds. The average molecular weight is 275 g/mol. The number of nitrogen functional groups attached to an aromatic ring is 1. The largest absolute Gasteiger partial charge is 0.454 e. The first-order chi connectivity index (χ1) is 8.98. The maximum atomic E-state index is 12.0. The number of hydrazine groups is 1. The van der Waals surface area contributed by atoms with E-state index in [1.165, 1.54) is 17.1 Å². The van der Waals surface area contributed by atoms with Crippen LogP contribution >= 0.6 is 0 Å². The molecule has 2 aromatic heterocycles. The summed E-state index contributed by atoms with van der Waals surface area (Å²) in [5.74, 6) is 4.95. The molecule has 102 valence electrons. The minimum atomic E-state index is -4.49. The van der Waals surface area contributed by atoms with Crippen LogP contribution in [0.3, 0.4) is 0 Å². The smallest absolute Gasteiger partial charge is 0.422 e. The molecule has 0 aliphatic carbocycles. The second kappa shape index (κ2) is 5.06. The van der Waals surface area contributed by atoms with E-state index in [0.29, 0.717) is 0 Å². The third-order valence-electron chi connectivity index (χ3n) is 1.81. The van der Waals surface area contributed by atoms with E-state index in [1.807, 2.05) is 0 Å². The Balaban J connectivity index is 2.26. The van der Waals surface area contributed by atoms with Gasteiger partial charge >= 0.3 is 12.2 Å². The normalized spacial score (nSPS) is 11.4. The Bertz CT molecular complexity index is 542. The summed E-state index contributed by atoms with van der Waals surface area (Å²) in [5.41, 5.74) is 2.10. The Morgan fingerprint density at radius 2 is 2.11 bits per heavy atom. The summed E-state index contributed by atoms with van der Waals surface area (Å²) < 4.78 is 41.8. The Morgan fingerprint density at radius 3 is 2.68 bits per heavy atom. The van der Waals surface area contributed by atoms with Gasteiger partial charge in [-0.15, -0.1) is 0 Å². The minimum absolute atomic E-state index is 0.0230. The first-order valence-electron chi connectivity index (χ1n) is 4.90. The van der Waals surface area contributed by atoms with Gasteiger partial charge in [0.2, 0.25) is 5.95 Å². The molecular weight excluding hydrogens is 267 g/mol. The van der Waals surface area contributed by atoms with Gasteiger partial charge in [-0.1, -0.05) is 0 Å². The summed E-state index contributed by atoms with van der Waals surface area (Å²) in [6.45, 7) is -1.51. The summed E-state index contributed by atoms with van der Waals surface area (Å²) in [4.78, 5) is 11.1. The molecule has 2 aromatic rings. The fourth-order valence-corrected chi connectivity index (χ4v) is 1.11. The molecule has 0 unspecified atom stereocenters. The molecule has 19 heavy (non-hydrogen) atoms. The number of ether oxygens (including phenoxy) is 1. The fraction of sp³-hybridized carbons (Fsp3) is 0.250. The predicted octanol–water partition coefficient (Wildman–Crippen LogP) is 0.284. The van der Waals surface area contributed by atoms with Gasteiger partial charge < -0.3 is 4.74 Å². The topological polar surface area (TPSA) is 104 Å². The van der Waals surface area contributed by atoms with Crippen molar-refractivity contribution >= 4 is 5.95 Å². The van der Waals surface area contributed by atoms with Gasteiger partial charge in [0.05, 0.1) is 0 Å². The van der Waals surface area contributed by atoms with Crippen LogP contribution in [0.25, 0.3) is 5.95 Å². The maximum absolute atomic E-state index is 12.0. The Labute approximate surface area is 104 Å². The Kier molecular flexibility index (Phi) is 3.46. The molecule has 2 rings (SSSR count). The molecular formula is C8H8F3N7O. The van der Waals surface area contributed by atoms with Crippen LogP contribution in [0.2, 0.25) is 0 Å². The highest BCUT2D eigenvalue weighted by Gasteiger charge is 2.29. The number of rotatable bonds is 4. The molecule has 0 atom stereocenters. The van der Waals surface area contributed by atoms with Crippen LogP contribution in [0.15, 0.2) is 18.5 Å². The number of nitrogens with zero attached hydrogens (tertiary/aromatic N) is 5. The minimum Gasteiger partial charge on any atom is -0.454 e. The number of hydrogen-bond acceptors (Lipinski definition) is 7. The Hall–Kier alpha value is -2.43. The molecule has 2 heterocycles. The highest BCUT2D eigenvalue weighted by Crippen LogP contribution is 2.17. The summed E-state index contributed by atoms with van der Waals surface area (Å²) in [7, 11) is 0. The number of nitrogens with one attached hydrogen (secondary N) is 1. The third kappa shape index (κ3) is 3.51. The van der Waals surface area contributed by atoms with Crippen LogP contribution in [0, 0.1) is 0 Å². The summed E-state index contributed by atoms with van der Waals surface area (Å²) >= 11 is 0. The third-order valence-corrected chi connectivity index (χ3v) is 1.81. The molecule has 0 spiro atoms. The molecule has 8 nitrogen and oxygen atoms in total. The number of aromatic nitrogens is 5. The van der Waals surface area contributed by atoms with E-state index in [9.17, 15) is 13.2 Å². The van der Waals surface area contributed by atoms with E-state index in [4.69, 9.17) is 5.84 Å². The van der Waals surface area contributed by atoms with E-state index in [1.54, 1.807) is 6.07 Å². The van der Waals surface area contributed by atoms with Crippen LogP contribution in [0.1, 0.15) is 0 Å². The van der Waals surface area contributed by atoms with Crippen molar-refractivity contribution in [2.75, 3.05) is 12.0 Å². The molecule has 0 fully saturated rings. The molecule has 0 aliphatic rings. The van der Waals surface area contributed by atoms with Gasteiger partial charge in [-0.2, -0.15) is 33.2 Å². The first kappa shape index (κ1) is 13.0. The van der Waals surface area contributed by atoms with Gasteiger partial charge in [0.1, 0.15) is 0 Å². The summed E-state index contributed by atoms with van der Waals surface area (Å²) in [6.07, 6.45) is -1.53. The Morgan fingerprint density at radius 1 is 1.32 bits per heavy atom. The zero-order valence-corrected chi connectivity index (χ0v) is 9.29. The van der Waals surface area contributed by atoms with Gasteiger partial charge in [0.25, 0.3) is 5.95 Å². The van der Waals surface area contributed by atoms with Gasteiger partial charge in [-0.25, -0.2) is 10.5 Å². The zero-order valence-electron chi connectivity index (χ0n) is 9.29. The van der Waals surface area contributed by atoms with Crippen LogP contribution in [-0.2, 0) is 0 Å². The lowest BCUT2D eigenvalue weighted by Gasteiger charge is -2.09. The lowest BCUT2D eigenvalue weighted by molar-refractivity contribution is -0.154. The molecule has 11 heteroatoms. The van der Waals surface area contributed by atoms with Gasteiger partial charge in [0, 0.05) is 12.4 Å². The molecule has 0 saturated carbocycles. The summed E-state index contributed by atoms with van der Waals surface area (Å²) in [6, 6.07) is 1.08. The number of alkyl halides is 3. The van der Waals surface area contributed by atoms with Crippen molar-refractivity contribution in [3.63, 3.8) is 0 Å². The summed E-state index contributed by atoms with van der Waals surface area (Å²) in [5, 5.41) is 3.83. The van der Waals surface area contributed by atoms with Crippen molar-refractivity contribution in [3.05, 3.63) is 18.5 Å². The lowest BCUT2D eigenvalue weighted by atomic mass is 10.7.